The Bertz CT molecular complexity index is 1200. The van der Waals surface area contributed by atoms with E-state index in [0.717, 1.165) is 18.1 Å². The molecule has 3 rings (SSSR count). The van der Waals surface area contributed by atoms with Gasteiger partial charge in [0.05, 0.1) is 30.9 Å². The molecule has 3 heterocycles. The summed E-state index contributed by atoms with van der Waals surface area (Å²) in [5.74, 6) is 0.0356. The van der Waals surface area contributed by atoms with Crippen molar-refractivity contribution in [3.63, 3.8) is 0 Å². The zero-order valence-corrected chi connectivity index (χ0v) is 25.5. The van der Waals surface area contributed by atoms with Crippen LogP contribution in [0.1, 0.15) is 18.9 Å². The van der Waals surface area contributed by atoms with Gasteiger partial charge in [-0.15, -0.1) is 0 Å². The van der Waals surface area contributed by atoms with E-state index in [4.69, 9.17) is 25.8 Å². The highest BCUT2D eigenvalue weighted by molar-refractivity contribution is 6.76. The number of pyridine rings is 1. The molecule has 0 aromatic carbocycles. The third-order valence-electron chi connectivity index (χ3n) is 6.31. The second-order valence-corrected chi connectivity index (χ2v) is 17.0. The summed E-state index contributed by atoms with van der Waals surface area (Å²) in [6.07, 6.45) is -3.21. The van der Waals surface area contributed by atoms with Crippen LogP contribution >= 0.6 is 11.6 Å². The van der Waals surface area contributed by atoms with Crippen molar-refractivity contribution in [3.8, 4) is 5.75 Å². The summed E-state index contributed by atoms with van der Waals surface area (Å²) in [7, 11) is -1.40. The van der Waals surface area contributed by atoms with Gasteiger partial charge in [0.15, 0.2) is 11.3 Å². The molecule has 2 aromatic heterocycles. The number of hydrogen-bond donors (Lipinski definition) is 0. The number of alkyl halides is 3. The number of anilines is 1. The summed E-state index contributed by atoms with van der Waals surface area (Å²) < 4.78 is 58.2. The van der Waals surface area contributed by atoms with Gasteiger partial charge in [0.2, 0.25) is 5.91 Å². The number of aromatic nitrogens is 3. The van der Waals surface area contributed by atoms with Gasteiger partial charge < -0.3 is 24.0 Å². The third kappa shape index (κ3) is 10.3. The summed E-state index contributed by atoms with van der Waals surface area (Å²) in [4.78, 5) is 33.2. The Labute approximate surface area is 243 Å². The smallest absolute Gasteiger partial charge is 0.425 e. The lowest BCUT2D eigenvalue weighted by Crippen LogP contribution is -2.49. The Kier molecular flexibility index (Phi) is 11.6. The number of ether oxygens (including phenoxy) is 3. The van der Waals surface area contributed by atoms with Gasteiger partial charge in [0, 0.05) is 47.1 Å². The van der Waals surface area contributed by atoms with Crippen LogP contribution in [0.5, 0.6) is 5.75 Å². The molecule has 1 saturated heterocycles. The van der Waals surface area contributed by atoms with Crippen molar-refractivity contribution in [2.45, 2.75) is 58.0 Å². The van der Waals surface area contributed by atoms with Crippen molar-refractivity contribution in [2.24, 2.45) is 0 Å². The van der Waals surface area contributed by atoms with Crippen molar-refractivity contribution >= 4 is 31.4 Å². The maximum Gasteiger partial charge on any atom is 0.425 e. The predicted octanol–water partition coefficient (Wildman–Crippen LogP) is 4.15. The SMILES string of the molecule is CC(COCCC(=O)N1CCN(c2ccc(Cl)cn2)CC1)Oc1cnn(COCC[Si](C)(C)C)c(=O)c1C(F)(F)F. The van der Waals surface area contributed by atoms with Gasteiger partial charge in [0.1, 0.15) is 18.7 Å². The minimum atomic E-state index is -4.95. The van der Waals surface area contributed by atoms with E-state index in [9.17, 15) is 22.8 Å². The first kappa shape index (κ1) is 32.8. The van der Waals surface area contributed by atoms with E-state index in [1.807, 2.05) is 6.07 Å². The zero-order valence-electron chi connectivity index (χ0n) is 23.7. The average Bonchev–Trinajstić information content (AvgIpc) is 2.89. The summed E-state index contributed by atoms with van der Waals surface area (Å²) in [6, 6.07) is 4.40. The Morgan fingerprint density at radius 2 is 1.80 bits per heavy atom. The highest BCUT2D eigenvalue weighted by Gasteiger charge is 2.39. The molecule has 10 nitrogen and oxygen atoms in total. The van der Waals surface area contributed by atoms with Gasteiger partial charge in [-0.1, -0.05) is 31.2 Å². The van der Waals surface area contributed by atoms with E-state index in [1.165, 1.54) is 6.92 Å². The molecular weight excluding hydrogens is 583 g/mol. The minimum Gasteiger partial charge on any atom is -0.486 e. The van der Waals surface area contributed by atoms with Crippen molar-refractivity contribution in [3.05, 3.63) is 45.5 Å². The topological polar surface area (TPSA) is 99.0 Å². The highest BCUT2D eigenvalue weighted by Crippen LogP contribution is 2.33. The number of hydrogen-bond acceptors (Lipinski definition) is 8. The van der Waals surface area contributed by atoms with Crippen molar-refractivity contribution < 1.29 is 32.2 Å². The van der Waals surface area contributed by atoms with Gasteiger partial charge in [0.25, 0.3) is 5.56 Å². The van der Waals surface area contributed by atoms with Crippen molar-refractivity contribution in [1.82, 2.24) is 19.7 Å². The first-order valence-corrected chi connectivity index (χ1v) is 17.5. The largest absolute Gasteiger partial charge is 0.486 e. The van der Waals surface area contributed by atoms with Crippen molar-refractivity contribution in [1.29, 1.82) is 0 Å². The molecule has 0 spiro atoms. The molecule has 1 aliphatic heterocycles. The third-order valence-corrected chi connectivity index (χ3v) is 8.24. The monoisotopic (exact) mass is 619 g/mol. The van der Waals surface area contributed by atoms with Crippen LogP contribution in [0.4, 0.5) is 19.0 Å². The molecule has 0 N–H and O–H groups in total. The lowest BCUT2D eigenvalue weighted by Gasteiger charge is -2.35. The molecule has 0 bridgehead atoms. The molecular formula is C26H37ClF3N5O5Si. The number of carbonyl (C=O) groups excluding carboxylic acids is 1. The molecule has 0 aliphatic carbocycles. The maximum atomic E-state index is 13.8. The van der Waals surface area contributed by atoms with E-state index in [1.54, 1.807) is 17.2 Å². The number of rotatable bonds is 13. The first-order chi connectivity index (χ1) is 19.2. The number of piperazine rings is 1. The van der Waals surface area contributed by atoms with Crippen LogP contribution in [0.3, 0.4) is 0 Å². The quantitative estimate of drug-likeness (QED) is 0.244. The standard InChI is InChI=1S/C26H37ClF3N5O5Si/c1-19(17-38-12-7-23(36)34-10-8-33(9-11-34)22-6-5-20(27)15-31-22)40-21-16-32-35(18-39-13-14-41(2,3)4)25(37)24(21)26(28,29)30/h5-6,15-16,19H,7-14,17-18H2,1-4H3. The molecule has 1 unspecified atom stereocenters. The fraction of sp³-hybridized carbons (Fsp3) is 0.615. The molecule has 15 heteroatoms. The fourth-order valence-corrected chi connectivity index (χ4v) is 4.87. The Morgan fingerprint density at radius 3 is 2.41 bits per heavy atom. The summed E-state index contributed by atoms with van der Waals surface area (Å²) in [5.41, 5.74) is -2.79. The second-order valence-electron chi connectivity index (χ2n) is 11.0. The molecule has 2 aromatic rings. The fourth-order valence-electron chi connectivity index (χ4n) is 4.00. The van der Waals surface area contributed by atoms with Crippen LogP contribution in [-0.2, 0) is 27.2 Å². The van der Waals surface area contributed by atoms with E-state index in [0.29, 0.717) is 42.5 Å². The van der Waals surface area contributed by atoms with E-state index >= 15 is 0 Å². The van der Waals surface area contributed by atoms with E-state index in [2.05, 4.69) is 34.6 Å². The first-order valence-electron chi connectivity index (χ1n) is 13.4. The average molecular weight is 620 g/mol. The number of nitrogens with zero attached hydrogens (tertiary/aromatic N) is 5. The lowest BCUT2D eigenvalue weighted by atomic mass is 10.2. The maximum absolute atomic E-state index is 13.8. The van der Waals surface area contributed by atoms with Crippen LogP contribution in [0, 0.1) is 0 Å². The summed E-state index contributed by atoms with van der Waals surface area (Å²) in [5, 5.41) is 4.36. The minimum absolute atomic E-state index is 0.0756. The second kappa shape index (κ2) is 14.5. The number of carbonyl (C=O) groups is 1. The Hall–Kier alpha value is -2.68. The number of halogens is 4. The van der Waals surface area contributed by atoms with Crippen LogP contribution < -0.4 is 15.2 Å². The molecule has 1 aliphatic rings. The van der Waals surface area contributed by atoms with Crippen LogP contribution in [0.2, 0.25) is 30.7 Å². The van der Waals surface area contributed by atoms with Crippen LogP contribution in [0.25, 0.3) is 0 Å². The molecule has 228 valence electrons. The molecule has 0 saturated carbocycles. The van der Waals surface area contributed by atoms with Gasteiger partial charge in [-0.2, -0.15) is 18.3 Å². The number of amides is 1. The summed E-state index contributed by atoms with van der Waals surface area (Å²) >= 11 is 5.88. The molecule has 1 atom stereocenters. The van der Waals surface area contributed by atoms with Crippen molar-refractivity contribution in [2.75, 3.05) is 50.9 Å². The molecule has 1 fully saturated rings. The van der Waals surface area contributed by atoms with Gasteiger partial charge in [-0.25, -0.2) is 9.67 Å². The van der Waals surface area contributed by atoms with E-state index < -0.39 is 37.2 Å². The molecule has 41 heavy (non-hydrogen) atoms. The molecule has 0 radical (unpaired) electrons. The van der Waals surface area contributed by atoms with Gasteiger partial charge in [-0.3, -0.25) is 9.59 Å². The van der Waals surface area contributed by atoms with E-state index in [-0.39, 0.29) is 32.3 Å². The predicted molar refractivity (Wildman–Crippen MR) is 151 cm³/mol. The lowest BCUT2D eigenvalue weighted by molar-refractivity contribution is -0.141. The van der Waals surface area contributed by atoms with Crippen LogP contribution in [0.15, 0.2) is 29.3 Å². The Balaban J connectivity index is 1.44. The van der Waals surface area contributed by atoms with Crippen LogP contribution in [-0.4, -0.2) is 85.7 Å². The van der Waals surface area contributed by atoms with Gasteiger partial charge >= 0.3 is 6.18 Å². The highest BCUT2D eigenvalue weighted by atomic mass is 35.5. The normalized spacial score (nSPS) is 15.2. The summed E-state index contributed by atoms with van der Waals surface area (Å²) in [6.45, 7) is 10.2. The zero-order chi connectivity index (χ0) is 30.2. The Morgan fingerprint density at radius 1 is 1.10 bits per heavy atom. The molecule has 1 amide bonds. The van der Waals surface area contributed by atoms with Gasteiger partial charge in [-0.05, 0) is 25.1 Å².